The molecule has 3 N–H and O–H groups in total. The van der Waals surface area contributed by atoms with Crippen LogP contribution in [0.2, 0.25) is 0 Å². The second-order valence-corrected chi connectivity index (χ2v) is 5.45. The lowest BCUT2D eigenvalue weighted by molar-refractivity contribution is 0.432. The van der Waals surface area contributed by atoms with Crippen LogP contribution in [0.3, 0.4) is 0 Å². The van der Waals surface area contributed by atoms with E-state index in [1.807, 2.05) is 0 Å². The van der Waals surface area contributed by atoms with Crippen LogP contribution in [0.5, 0.6) is 0 Å². The van der Waals surface area contributed by atoms with Gasteiger partial charge in [-0.3, -0.25) is 0 Å². The molecule has 1 aliphatic carbocycles. The van der Waals surface area contributed by atoms with E-state index in [1.54, 1.807) is 0 Å². The fraction of sp³-hybridized carbons (Fsp3) is 1.00. The first-order chi connectivity index (χ1) is 5.56. The summed E-state index contributed by atoms with van der Waals surface area (Å²) in [6, 6.07) is 0.202. The van der Waals surface area contributed by atoms with E-state index < -0.39 is 10.0 Å². The molecule has 12 heavy (non-hydrogen) atoms. The predicted octanol–water partition coefficient (Wildman–Crippen LogP) is -0.195. The highest BCUT2D eigenvalue weighted by Crippen LogP contribution is 2.22. The Balaban J connectivity index is 2.56. The first kappa shape index (κ1) is 9.95. The molecule has 0 bridgehead atoms. The molecule has 4 nitrogen and oxygen atoms in total. The number of rotatable bonds is 2. The lowest BCUT2D eigenvalue weighted by Crippen LogP contribution is -2.38. The van der Waals surface area contributed by atoms with Gasteiger partial charge in [0.2, 0.25) is 10.0 Å². The van der Waals surface area contributed by atoms with Gasteiger partial charge in [0, 0.05) is 6.04 Å². The van der Waals surface area contributed by atoms with Crippen molar-refractivity contribution in [1.29, 1.82) is 0 Å². The van der Waals surface area contributed by atoms with Crippen LogP contribution < -0.4 is 10.5 Å². The minimum atomic E-state index is -3.05. The molecule has 72 valence electrons. The normalized spacial score (nSPS) is 31.8. The SMILES string of the molecule is CNS(=O)(=O)C1CCC(N)CC1. The minimum Gasteiger partial charge on any atom is -0.328 e. The molecule has 0 atom stereocenters. The van der Waals surface area contributed by atoms with Crippen molar-refractivity contribution in [2.45, 2.75) is 37.0 Å². The summed E-state index contributed by atoms with van der Waals surface area (Å²) in [4.78, 5) is 0. The van der Waals surface area contributed by atoms with Gasteiger partial charge in [0.1, 0.15) is 0 Å². The molecule has 0 aliphatic heterocycles. The Morgan fingerprint density at radius 3 is 2.17 bits per heavy atom. The van der Waals surface area contributed by atoms with Crippen molar-refractivity contribution in [1.82, 2.24) is 4.72 Å². The summed E-state index contributed by atoms with van der Waals surface area (Å²) in [5, 5.41) is -0.220. The number of nitrogens with two attached hydrogens (primary N) is 1. The van der Waals surface area contributed by atoms with E-state index in [0.717, 1.165) is 12.8 Å². The van der Waals surface area contributed by atoms with Gasteiger partial charge < -0.3 is 5.73 Å². The monoisotopic (exact) mass is 192 g/mol. The number of nitrogens with one attached hydrogen (secondary N) is 1. The van der Waals surface area contributed by atoms with Crippen LogP contribution in [-0.4, -0.2) is 26.8 Å². The lowest BCUT2D eigenvalue weighted by Gasteiger charge is -2.25. The molecule has 0 radical (unpaired) electrons. The van der Waals surface area contributed by atoms with Crippen LogP contribution >= 0.6 is 0 Å². The Hall–Kier alpha value is -0.130. The van der Waals surface area contributed by atoms with Gasteiger partial charge in [0.05, 0.1) is 5.25 Å². The van der Waals surface area contributed by atoms with E-state index >= 15 is 0 Å². The average Bonchev–Trinajstić information content (AvgIpc) is 2.05. The van der Waals surface area contributed by atoms with E-state index in [0.29, 0.717) is 12.8 Å². The van der Waals surface area contributed by atoms with Gasteiger partial charge in [0.15, 0.2) is 0 Å². The maximum atomic E-state index is 11.3. The topological polar surface area (TPSA) is 72.2 Å². The average molecular weight is 192 g/mol. The van der Waals surface area contributed by atoms with E-state index in [-0.39, 0.29) is 11.3 Å². The molecule has 0 spiro atoms. The van der Waals surface area contributed by atoms with E-state index in [4.69, 9.17) is 5.73 Å². The van der Waals surface area contributed by atoms with Gasteiger partial charge in [-0.05, 0) is 32.7 Å². The van der Waals surface area contributed by atoms with Crippen molar-refractivity contribution in [3.63, 3.8) is 0 Å². The third kappa shape index (κ3) is 2.18. The highest BCUT2D eigenvalue weighted by atomic mass is 32.2. The Bertz CT molecular complexity index is 230. The molecular weight excluding hydrogens is 176 g/mol. The fourth-order valence-electron chi connectivity index (χ4n) is 1.57. The summed E-state index contributed by atoms with van der Waals surface area (Å²) in [5.41, 5.74) is 5.67. The first-order valence-electron chi connectivity index (χ1n) is 4.24. The maximum Gasteiger partial charge on any atom is 0.214 e. The summed E-state index contributed by atoms with van der Waals surface area (Å²) in [6.07, 6.45) is 3.05. The molecule has 1 aliphatic rings. The molecule has 0 aromatic carbocycles. The van der Waals surface area contributed by atoms with Gasteiger partial charge in [-0.15, -0.1) is 0 Å². The number of hydrogen-bond donors (Lipinski definition) is 2. The lowest BCUT2D eigenvalue weighted by atomic mass is 9.96. The summed E-state index contributed by atoms with van der Waals surface area (Å²) in [5.74, 6) is 0. The summed E-state index contributed by atoms with van der Waals surface area (Å²) in [7, 11) is -1.59. The summed E-state index contributed by atoms with van der Waals surface area (Å²) < 4.78 is 25.0. The smallest absolute Gasteiger partial charge is 0.214 e. The van der Waals surface area contributed by atoms with Gasteiger partial charge in [0.25, 0.3) is 0 Å². The van der Waals surface area contributed by atoms with Crippen molar-refractivity contribution in [2.75, 3.05) is 7.05 Å². The van der Waals surface area contributed by atoms with Gasteiger partial charge in [-0.25, -0.2) is 13.1 Å². The highest BCUT2D eigenvalue weighted by molar-refractivity contribution is 7.90. The van der Waals surface area contributed by atoms with Gasteiger partial charge >= 0.3 is 0 Å². The van der Waals surface area contributed by atoms with Crippen LogP contribution in [0.25, 0.3) is 0 Å². The molecule has 0 saturated heterocycles. The molecule has 0 aromatic heterocycles. The standard InChI is InChI=1S/C7H16N2O2S/c1-9-12(10,11)7-4-2-6(8)3-5-7/h6-7,9H,2-5,8H2,1H3. The quantitative estimate of drug-likeness (QED) is 0.636. The van der Waals surface area contributed by atoms with Gasteiger partial charge in [-0.2, -0.15) is 0 Å². The van der Waals surface area contributed by atoms with Crippen LogP contribution in [0.4, 0.5) is 0 Å². The van der Waals surface area contributed by atoms with Crippen LogP contribution in [0.1, 0.15) is 25.7 Å². The zero-order valence-electron chi connectivity index (χ0n) is 7.29. The third-order valence-electron chi connectivity index (χ3n) is 2.44. The second kappa shape index (κ2) is 3.72. The molecule has 5 heteroatoms. The van der Waals surface area contributed by atoms with Crippen molar-refractivity contribution >= 4 is 10.0 Å². The Kier molecular flexibility index (Phi) is 3.09. The van der Waals surface area contributed by atoms with Crippen molar-refractivity contribution in [3.05, 3.63) is 0 Å². The summed E-state index contributed by atoms with van der Waals surface area (Å²) in [6.45, 7) is 0. The minimum absolute atomic E-state index is 0.202. The van der Waals surface area contributed by atoms with Crippen molar-refractivity contribution in [3.8, 4) is 0 Å². The molecule has 1 fully saturated rings. The zero-order valence-corrected chi connectivity index (χ0v) is 8.10. The molecule has 0 unspecified atom stereocenters. The molecular formula is C7H16N2O2S. The largest absolute Gasteiger partial charge is 0.328 e. The predicted molar refractivity (Wildman–Crippen MR) is 48.2 cm³/mol. The highest BCUT2D eigenvalue weighted by Gasteiger charge is 2.28. The van der Waals surface area contributed by atoms with Crippen molar-refractivity contribution < 1.29 is 8.42 Å². The zero-order chi connectivity index (χ0) is 9.19. The number of hydrogen-bond acceptors (Lipinski definition) is 3. The molecule has 0 heterocycles. The van der Waals surface area contributed by atoms with E-state index in [9.17, 15) is 8.42 Å². The van der Waals surface area contributed by atoms with E-state index in [1.165, 1.54) is 7.05 Å². The summed E-state index contributed by atoms with van der Waals surface area (Å²) >= 11 is 0. The van der Waals surface area contributed by atoms with Crippen LogP contribution in [0.15, 0.2) is 0 Å². The molecule has 0 amide bonds. The third-order valence-corrected chi connectivity index (χ3v) is 4.36. The maximum absolute atomic E-state index is 11.3. The van der Waals surface area contributed by atoms with Gasteiger partial charge in [-0.1, -0.05) is 0 Å². The van der Waals surface area contributed by atoms with Crippen LogP contribution in [-0.2, 0) is 10.0 Å². The Morgan fingerprint density at radius 2 is 1.75 bits per heavy atom. The molecule has 1 rings (SSSR count). The molecule has 1 saturated carbocycles. The Labute approximate surface area is 73.6 Å². The Morgan fingerprint density at radius 1 is 1.25 bits per heavy atom. The molecule has 0 aromatic rings. The van der Waals surface area contributed by atoms with E-state index in [2.05, 4.69) is 4.72 Å². The number of sulfonamides is 1. The van der Waals surface area contributed by atoms with Crippen molar-refractivity contribution in [2.24, 2.45) is 5.73 Å². The second-order valence-electron chi connectivity index (χ2n) is 3.29. The fourth-order valence-corrected chi connectivity index (χ4v) is 2.79. The first-order valence-corrected chi connectivity index (χ1v) is 5.79. The van der Waals surface area contributed by atoms with Crippen LogP contribution in [0, 0.1) is 0 Å².